The van der Waals surface area contributed by atoms with E-state index in [0.717, 1.165) is 51.9 Å². The first-order valence-corrected chi connectivity index (χ1v) is 11.5. The summed E-state index contributed by atoms with van der Waals surface area (Å²) in [5.74, 6) is 0.731. The minimum Gasteiger partial charge on any atom is -0.383 e. The number of fused-ring (bicyclic) bond motifs is 1. The van der Waals surface area contributed by atoms with Crippen molar-refractivity contribution in [2.45, 2.75) is 64.7 Å². The number of nitrogens with zero attached hydrogens (tertiary/aromatic N) is 2. The normalized spacial score (nSPS) is 24.8. The van der Waals surface area contributed by atoms with Crippen LogP contribution in [0.1, 0.15) is 56.2 Å². The summed E-state index contributed by atoms with van der Waals surface area (Å²) in [6.45, 7) is 8.14. The van der Waals surface area contributed by atoms with Crippen molar-refractivity contribution in [1.82, 2.24) is 15.1 Å². The van der Waals surface area contributed by atoms with Gasteiger partial charge in [-0.15, -0.1) is 0 Å². The lowest BCUT2D eigenvalue weighted by molar-refractivity contribution is -0.133. The van der Waals surface area contributed by atoms with Crippen molar-refractivity contribution >= 4 is 17.2 Å². The molecule has 5 nitrogen and oxygen atoms in total. The largest absolute Gasteiger partial charge is 0.383 e. The highest BCUT2D eigenvalue weighted by molar-refractivity contribution is 5.81. The molecule has 0 bridgehead atoms. The number of piperidine rings is 1. The summed E-state index contributed by atoms with van der Waals surface area (Å²) in [4.78, 5) is 16.9. The zero-order chi connectivity index (χ0) is 20.8. The molecule has 1 saturated carbocycles. The molecule has 160 valence electrons. The Morgan fingerprint density at radius 1 is 1.13 bits per heavy atom. The van der Waals surface area contributed by atoms with Crippen LogP contribution in [0.25, 0.3) is 5.57 Å². The van der Waals surface area contributed by atoms with E-state index in [4.69, 9.17) is 0 Å². The van der Waals surface area contributed by atoms with Crippen LogP contribution in [0.4, 0.5) is 5.69 Å². The molecule has 0 aromatic heterocycles. The third kappa shape index (κ3) is 4.00. The summed E-state index contributed by atoms with van der Waals surface area (Å²) in [6.07, 6.45) is 8.85. The van der Waals surface area contributed by atoms with E-state index in [1.807, 2.05) is 0 Å². The van der Waals surface area contributed by atoms with Gasteiger partial charge in [0.2, 0.25) is 5.91 Å². The van der Waals surface area contributed by atoms with Crippen LogP contribution in [0.2, 0.25) is 0 Å². The van der Waals surface area contributed by atoms with Crippen LogP contribution >= 0.6 is 0 Å². The van der Waals surface area contributed by atoms with E-state index in [9.17, 15) is 4.79 Å². The van der Waals surface area contributed by atoms with Crippen molar-refractivity contribution in [2.75, 3.05) is 25.5 Å². The molecule has 1 amide bonds. The van der Waals surface area contributed by atoms with Crippen molar-refractivity contribution in [1.29, 1.82) is 0 Å². The van der Waals surface area contributed by atoms with E-state index in [2.05, 4.69) is 65.6 Å². The van der Waals surface area contributed by atoms with E-state index in [1.165, 1.54) is 33.6 Å². The molecule has 4 aliphatic rings. The maximum absolute atomic E-state index is 12.4. The fourth-order valence-electron chi connectivity index (χ4n) is 5.20. The first-order chi connectivity index (χ1) is 14.5. The van der Waals surface area contributed by atoms with Gasteiger partial charge in [-0.2, -0.15) is 0 Å². The summed E-state index contributed by atoms with van der Waals surface area (Å²) in [7, 11) is 2.20. The van der Waals surface area contributed by atoms with Crippen LogP contribution in [0.5, 0.6) is 0 Å². The number of anilines is 1. The second-order valence-corrected chi connectivity index (χ2v) is 9.73. The van der Waals surface area contributed by atoms with Crippen LogP contribution in [0.3, 0.4) is 0 Å². The van der Waals surface area contributed by atoms with Gasteiger partial charge in [0.25, 0.3) is 0 Å². The van der Waals surface area contributed by atoms with Gasteiger partial charge in [0.15, 0.2) is 0 Å². The molecule has 2 N–H and O–H groups in total. The molecule has 5 rings (SSSR count). The second kappa shape index (κ2) is 7.77. The number of nitrogens with one attached hydrogen (secondary N) is 2. The Hall–Kier alpha value is -2.27. The summed E-state index contributed by atoms with van der Waals surface area (Å²) >= 11 is 0. The van der Waals surface area contributed by atoms with Crippen molar-refractivity contribution in [3.63, 3.8) is 0 Å². The van der Waals surface area contributed by atoms with E-state index in [0.29, 0.717) is 23.9 Å². The molecule has 0 spiro atoms. The van der Waals surface area contributed by atoms with Gasteiger partial charge < -0.3 is 15.5 Å². The van der Waals surface area contributed by atoms with Gasteiger partial charge in [0.1, 0.15) is 0 Å². The topological polar surface area (TPSA) is 47.6 Å². The molecule has 1 aliphatic carbocycles. The minimum atomic E-state index is 0.335. The number of dihydropyridines is 1. The molecule has 5 heteroatoms. The Bertz CT molecular complexity index is 906. The van der Waals surface area contributed by atoms with Gasteiger partial charge >= 0.3 is 0 Å². The van der Waals surface area contributed by atoms with Crippen molar-refractivity contribution < 1.29 is 4.79 Å². The number of amides is 1. The highest BCUT2D eigenvalue weighted by atomic mass is 16.2. The molecule has 0 radical (unpaired) electrons. The average Bonchev–Trinajstić information content (AvgIpc) is 3.48. The summed E-state index contributed by atoms with van der Waals surface area (Å²) in [5, 5.41) is 7.35. The number of hydrogen-bond donors (Lipinski definition) is 2. The first kappa shape index (κ1) is 19.7. The summed E-state index contributed by atoms with van der Waals surface area (Å²) < 4.78 is 0. The molecule has 1 aromatic carbocycles. The summed E-state index contributed by atoms with van der Waals surface area (Å²) in [6, 6.07) is 5.53. The third-order valence-corrected chi connectivity index (χ3v) is 6.89. The number of hydrogen-bond acceptors (Lipinski definition) is 4. The van der Waals surface area contributed by atoms with Crippen molar-refractivity contribution in [2.24, 2.45) is 5.92 Å². The Kier molecular flexibility index (Phi) is 5.10. The third-order valence-electron chi connectivity index (χ3n) is 6.89. The predicted octanol–water partition coefficient (Wildman–Crippen LogP) is 3.72. The molecule has 1 aromatic rings. The van der Waals surface area contributed by atoms with Gasteiger partial charge in [0, 0.05) is 55.6 Å². The molecule has 1 unspecified atom stereocenters. The van der Waals surface area contributed by atoms with E-state index in [1.54, 1.807) is 0 Å². The molecule has 2 fully saturated rings. The van der Waals surface area contributed by atoms with Crippen LogP contribution in [0, 0.1) is 5.92 Å². The van der Waals surface area contributed by atoms with Crippen molar-refractivity contribution in [3.8, 4) is 0 Å². The Labute approximate surface area is 180 Å². The smallest absolute Gasteiger partial charge is 0.225 e. The molecular formula is C25H34N4O. The van der Waals surface area contributed by atoms with Gasteiger partial charge in [-0.25, -0.2) is 0 Å². The number of allylic oxidation sites excluding steroid dienone is 3. The molecule has 1 atom stereocenters. The van der Waals surface area contributed by atoms with Crippen molar-refractivity contribution in [3.05, 3.63) is 46.7 Å². The monoisotopic (exact) mass is 406 g/mol. The maximum Gasteiger partial charge on any atom is 0.225 e. The number of carbonyl (C=O) groups excluding carboxylic acids is 1. The number of carbonyl (C=O) groups is 1. The highest BCUT2D eigenvalue weighted by Gasteiger charge is 2.35. The molecule has 1 saturated heterocycles. The lowest BCUT2D eigenvalue weighted by atomic mass is 9.94. The number of benzene rings is 1. The predicted molar refractivity (Wildman–Crippen MR) is 122 cm³/mol. The zero-order valence-electron chi connectivity index (χ0n) is 18.5. The van der Waals surface area contributed by atoms with Crippen LogP contribution in [-0.2, 0) is 17.9 Å². The van der Waals surface area contributed by atoms with Gasteiger partial charge in [-0.1, -0.05) is 6.08 Å². The first-order valence-electron chi connectivity index (χ1n) is 11.5. The quantitative estimate of drug-likeness (QED) is 0.800. The van der Waals surface area contributed by atoms with E-state index >= 15 is 0 Å². The number of likely N-dealkylation sites (tertiary alicyclic amines) is 1. The molecule has 3 heterocycles. The van der Waals surface area contributed by atoms with Crippen LogP contribution in [0.15, 0.2) is 30.0 Å². The Balaban J connectivity index is 1.36. The lowest BCUT2D eigenvalue weighted by Crippen LogP contribution is -2.43. The Morgan fingerprint density at radius 2 is 1.90 bits per heavy atom. The fraction of sp³-hybridized carbons (Fsp3) is 0.560. The standard InChI is InChI=1S/C25H34N4O/c1-16-10-19(11-17(2)26-16)20-12-21-14-28(3)15-23(21)24(13-20)27-22-6-8-29(9-7-22)25(30)18-4-5-18/h10-13,16,18,22,26-27H,4-9,14-15H2,1-3H3. The minimum absolute atomic E-state index is 0.335. The fourth-order valence-corrected chi connectivity index (χ4v) is 5.20. The maximum atomic E-state index is 12.4. The van der Waals surface area contributed by atoms with Crippen LogP contribution < -0.4 is 10.6 Å². The van der Waals surface area contributed by atoms with Gasteiger partial charge in [0.05, 0.1) is 0 Å². The average molecular weight is 407 g/mol. The summed E-state index contributed by atoms with van der Waals surface area (Å²) in [5.41, 5.74) is 8.01. The highest BCUT2D eigenvalue weighted by Crippen LogP contribution is 2.36. The van der Waals surface area contributed by atoms with E-state index in [-0.39, 0.29) is 0 Å². The molecule has 30 heavy (non-hydrogen) atoms. The molecule has 3 aliphatic heterocycles. The lowest BCUT2D eigenvalue weighted by Gasteiger charge is -2.33. The Morgan fingerprint density at radius 3 is 2.60 bits per heavy atom. The van der Waals surface area contributed by atoms with Gasteiger partial charge in [-0.3, -0.25) is 9.69 Å². The van der Waals surface area contributed by atoms with Crippen LogP contribution in [-0.4, -0.2) is 47.9 Å². The number of rotatable bonds is 4. The second-order valence-electron chi connectivity index (χ2n) is 9.73. The van der Waals surface area contributed by atoms with Gasteiger partial charge in [-0.05, 0) is 87.1 Å². The van der Waals surface area contributed by atoms with E-state index < -0.39 is 0 Å². The SMILES string of the molecule is CC1=CC(c2cc3c(c(NC4CCN(C(=O)C5CC5)CC4)c2)CN(C)C3)=CC(C)N1. The molecular weight excluding hydrogens is 372 g/mol. The zero-order valence-corrected chi connectivity index (χ0v) is 18.5.